The van der Waals surface area contributed by atoms with E-state index in [2.05, 4.69) is 17.1 Å². The van der Waals surface area contributed by atoms with Crippen LogP contribution in [-0.2, 0) is 0 Å². The minimum Gasteiger partial charge on any atom is -0.310 e. The molecule has 2 saturated carbocycles. The Morgan fingerprint density at radius 1 is 1.24 bits per heavy atom. The third-order valence-corrected chi connectivity index (χ3v) is 5.21. The van der Waals surface area contributed by atoms with Crippen LogP contribution in [-0.4, -0.2) is 36.6 Å². The molecule has 3 aliphatic rings. The average molecular weight is 236 g/mol. The van der Waals surface area contributed by atoms with Crippen molar-refractivity contribution in [2.75, 3.05) is 26.2 Å². The quantitative estimate of drug-likeness (QED) is 0.810. The molecule has 3 rings (SSSR count). The molecule has 0 aromatic carbocycles. The Labute approximate surface area is 106 Å². The molecular formula is C15H28N2. The highest BCUT2D eigenvalue weighted by atomic mass is 15.2. The van der Waals surface area contributed by atoms with Gasteiger partial charge in [-0.2, -0.15) is 0 Å². The average Bonchev–Trinajstić information content (AvgIpc) is 3.08. The van der Waals surface area contributed by atoms with Crippen molar-refractivity contribution in [1.82, 2.24) is 10.2 Å². The van der Waals surface area contributed by atoms with E-state index in [1.54, 1.807) is 0 Å². The summed E-state index contributed by atoms with van der Waals surface area (Å²) in [5.41, 5.74) is 0.500. The summed E-state index contributed by atoms with van der Waals surface area (Å²) in [6.45, 7) is 7.72. The first-order chi connectivity index (χ1) is 8.27. The van der Waals surface area contributed by atoms with Gasteiger partial charge < -0.3 is 10.2 Å². The molecule has 1 spiro atoms. The summed E-state index contributed by atoms with van der Waals surface area (Å²) >= 11 is 0. The molecule has 0 amide bonds. The molecule has 1 N–H and O–H groups in total. The third-order valence-electron chi connectivity index (χ3n) is 5.21. The fourth-order valence-corrected chi connectivity index (χ4v) is 3.98. The first kappa shape index (κ1) is 12.0. The third kappa shape index (κ3) is 2.85. The fraction of sp³-hybridized carbons (Fsp3) is 1.00. The molecule has 2 nitrogen and oxygen atoms in total. The molecular weight excluding hydrogens is 208 g/mol. The van der Waals surface area contributed by atoms with E-state index in [1.165, 1.54) is 71.1 Å². The van der Waals surface area contributed by atoms with Gasteiger partial charge in [-0.1, -0.05) is 19.8 Å². The van der Waals surface area contributed by atoms with E-state index in [9.17, 15) is 0 Å². The van der Waals surface area contributed by atoms with Crippen molar-refractivity contribution < 1.29 is 0 Å². The molecule has 1 aliphatic heterocycles. The number of hydrogen-bond acceptors (Lipinski definition) is 2. The van der Waals surface area contributed by atoms with Gasteiger partial charge in [-0.05, 0) is 57.0 Å². The maximum absolute atomic E-state index is 3.86. The molecule has 1 unspecified atom stereocenters. The summed E-state index contributed by atoms with van der Waals surface area (Å²) in [4.78, 5) is 2.77. The summed E-state index contributed by atoms with van der Waals surface area (Å²) < 4.78 is 0. The number of rotatable bonds is 3. The van der Waals surface area contributed by atoms with Crippen LogP contribution in [0.4, 0.5) is 0 Å². The van der Waals surface area contributed by atoms with Gasteiger partial charge in [-0.25, -0.2) is 0 Å². The molecule has 3 fully saturated rings. The standard InChI is InChI=1S/C15H28N2/c1-13(14-5-6-14)11-17-10-4-9-16-15(12-17)7-2-3-8-15/h13-14,16H,2-12H2,1H3. The molecule has 0 aromatic rings. The highest BCUT2D eigenvalue weighted by Crippen LogP contribution is 2.38. The van der Waals surface area contributed by atoms with Gasteiger partial charge in [-0.15, -0.1) is 0 Å². The van der Waals surface area contributed by atoms with Gasteiger partial charge in [0.25, 0.3) is 0 Å². The van der Waals surface area contributed by atoms with Gasteiger partial charge in [-0.3, -0.25) is 0 Å². The molecule has 0 bridgehead atoms. The van der Waals surface area contributed by atoms with Crippen molar-refractivity contribution in [2.24, 2.45) is 11.8 Å². The predicted molar refractivity (Wildman–Crippen MR) is 72.1 cm³/mol. The second-order valence-electron chi connectivity index (χ2n) is 6.82. The zero-order chi connectivity index (χ0) is 11.7. The van der Waals surface area contributed by atoms with Crippen LogP contribution in [0.15, 0.2) is 0 Å². The van der Waals surface area contributed by atoms with Crippen molar-refractivity contribution in [3.8, 4) is 0 Å². The highest BCUT2D eigenvalue weighted by molar-refractivity contribution is 4.97. The summed E-state index contributed by atoms with van der Waals surface area (Å²) in [6.07, 6.45) is 10.1. The van der Waals surface area contributed by atoms with E-state index in [0.29, 0.717) is 5.54 Å². The van der Waals surface area contributed by atoms with Crippen LogP contribution < -0.4 is 5.32 Å². The Balaban J connectivity index is 1.58. The molecule has 98 valence electrons. The summed E-state index contributed by atoms with van der Waals surface area (Å²) in [5, 5.41) is 3.86. The van der Waals surface area contributed by atoms with Crippen molar-refractivity contribution in [1.29, 1.82) is 0 Å². The van der Waals surface area contributed by atoms with E-state index in [-0.39, 0.29) is 0 Å². The van der Waals surface area contributed by atoms with Gasteiger partial charge in [0, 0.05) is 18.6 Å². The Bertz CT molecular complexity index is 254. The second-order valence-corrected chi connectivity index (χ2v) is 6.82. The van der Waals surface area contributed by atoms with Gasteiger partial charge in [0.1, 0.15) is 0 Å². The molecule has 2 heteroatoms. The lowest BCUT2D eigenvalue weighted by atomic mass is 9.96. The topological polar surface area (TPSA) is 15.3 Å². The van der Waals surface area contributed by atoms with Gasteiger partial charge in [0.2, 0.25) is 0 Å². The van der Waals surface area contributed by atoms with Crippen molar-refractivity contribution in [2.45, 2.75) is 57.4 Å². The normalized spacial score (nSPS) is 31.6. The Morgan fingerprint density at radius 3 is 2.71 bits per heavy atom. The zero-order valence-corrected chi connectivity index (χ0v) is 11.4. The summed E-state index contributed by atoms with van der Waals surface area (Å²) in [6, 6.07) is 0. The van der Waals surface area contributed by atoms with Crippen LogP contribution in [0.5, 0.6) is 0 Å². The highest BCUT2D eigenvalue weighted by Gasteiger charge is 2.37. The summed E-state index contributed by atoms with van der Waals surface area (Å²) in [7, 11) is 0. The Morgan fingerprint density at radius 2 is 2.00 bits per heavy atom. The molecule has 1 heterocycles. The second kappa shape index (κ2) is 4.89. The minimum absolute atomic E-state index is 0.500. The van der Waals surface area contributed by atoms with E-state index >= 15 is 0 Å². The SMILES string of the molecule is CC(CN1CCCNC2(CCCC2)C1)C1CC1. The number of nitrogens with zero attached hydrogens (tertiary/aromatic N) is 1. The summed E-state index contributed by atoms with van der Waals surface area (Å²) in [5.74, 6) is 2.00. The van der Waals surface area contributed by atoms with Gasteiger partial charge >= 0.3 is 0 Å². The van der Waals surface area contributed by atoms with E-state index in [1.807, 2.05) is 0 Å². The smallest absolute Gasteiger partial charge is 0.0308 e. The van der Waals surface area contributed by atoms with Crippen LogP contribution in [0.1, 0.15) is 51.9 Å². The predicted octanol–water partition coefficient (Wildman–Crippen LogP) is 2.64. The first-order valence-corrected chi connectivity index (χ1v) is 7.75. The van der Waals surface area contributed by atoms with Crippen LogP contribution >= 0.6 is 0 Å². The van der Waals surface area contributed by atoms with Crippen LogP contribution in [0.25, 0.3) is 0 Å². The lowest BCUT2D eigenvalue weighted by Crippen LogP contribution is -2.50. The number of nitrogens with one attached hydrogen (secondary N) is 1. The largest absolute Gasteiger partial charge is 0.310 e. The van der Waals surface area contributed by atoms with Gasteiger partial charge in [0.05, 0.1) is 0 Å². The van der Waals surface area contributed by atoms with Crippen molar-refractivity contribution >= 4 is 0 Å². The maximum Gasteiger partial charge on any atom is 0.0308 e. The molecule has 1 saturated heterocycles. The van der Waals surface area contributed by atoms with E-state index < -0.39 is 0 Å². The van der Waals surface area contributed by atoms with Crippen LogP contribution in [0, 0.1) is 11.8 Å². The Kier molecular flexibility index (Phi) is 3.45. The molecule has 0 radical (unpaired) electrons. The van der Waals surface area contributed by atoms with E-state index in [0.717, 1.165) is 11.8 Å². The van der Waals surface area contributed by atoms with Crippen LogP contribution in [0.2, 0.25) is 0 Å². The lowest BCUT2D eigenvalue weighted by Gasteiger charge is -2.34. The van der Waals surface area contributed by atoms with E-state index in [4.69, 9.17) is 0 Å². The molecule has 1 atom stereocenters. The maximum atomic E-state index is 3.86. The first-order valence-electron chi connectivity index (χ1n) is 7.75. The van der Waals surface area contributed by atoms with Crippen molar-refractivity contribution in [3.05, 3.63) is 0 Å². The lowest BCUT2D eigenvalue weighted by molar-refractivity contribution is 0.182. The molecule has 17 heavy (non-hydrogen) atoms. The van der Waals surface area contributed by atoms with Crippen molar-refractivity contribution in [3.63, 3.8) is 0 Å². The zero-order valence-electron chi connectivity index (χ0n) is 11.4. The van der Waals surface area contributed by atoms with Crippen LogP contribution in [0.3, 0.4) is 0 Å². The molecule has 0 aromatic heterocycles. The Hall–Kier alpha value is -0.0800. The molecule has 2 aliphatic carbocycles. The fourth-order valence-electron chi connectivity index (χ4n) is 3.98. The monoisotopic (exact) mass is 236 g/mol. The number of hydrogen-bond donors (Lipinski definition) is 1. The minimum atomic E-state index is 0.500. The van der Waals surface area contributed by atoms with Gasteiger partial charge in [0.15, 0.2) is 0 Å².